The fraction of sp³-hybridized carbons (Fsp3) is 0.875. The molecule has 26 heavy (non-hydrogen) atoms. The second-order valence-electron chi connectivity index (χ2n) is 11.8. The van der Waals surface area contributed by atoms with Crippen molar-refractivity contribution in [1.29, 1.82) is 0 Å². The number of hydrogen-bond acceptors (Lipinski definition) is 2. The molecule has 0 aromatic rings. The minimum absolute atomic E-state index is 0.149. The molecular formula is C24H34O2. The zero-order valence-electron chi connectivity index (χ0n) is 16.8. The molecule has 0 saturated heterocycles. The lowest BCUT2D eigenvalue weighted by Crippen LogP contribution is -2.46. The van der Waals surface area contributed by atoms with Crippen LogP contribution in [0.3, 0.4) is 0 Å². The maximum Gasteiger partial charge on any atom is 0.312 e. The Hall–Kier alpha value is -0.790. The number of carbonyl (C=O) groups is 1. The summed E-state index contributed by atoms with van der Waals surface area (Å²) in [6, 6.07) is 0. The molecule has 6 rings (SSSR count). The van der Waals surface area contributed by atoms with Crippen molar-refractivity contribution < 1.29 is 9.53 Å². The van der Waals surface area contributed by atoms with Crippen LogP contribution in [-0.4, -0.2) is 12.1 Å². The maximum atomic E-state index is 13.5. The minimum atomic E-state index is -0.216. The van der Waals surface area contributed by atoms with Gasteiger partial charge in [-0.1, -0.05) is 32.9 Å². The number of esters is 1. The Morgan fingerprint density at radius 2 is 1.73 bits per heavy atom. The van der Waals surface area contributed by atoms with Gasteiger partial charge in [0.2, 0.25) is 0 Å². The predicted molar refractivity (Wildman–Crippen MR) is 101 cm³/mol. The van der Waals surface area contributed by atoms with E-state index in [0.717, 1.165) is 48.3 Å². The van der Waals surface area contributed by atoms with Gasteiger partial charge in [-0.15, -0.1) is 0 Å². The first-order valence-corrected chi connectivity index (χ1v) is 11.1. The zero-order valence-corrected chi connectivity index (χ0v) is 16.8. The van der Waals surface area contributed by atoms with E-state index in [1.54, 1.807) is 0 Å². The summed E-state index contributed by atoms with van der Waals surface area (Å²) in [7, 11) is 0. The van der Waals surface area contributed by atoms with Crippen LogP contribution >= 0.6 is 0 Å². The second-order valence-corrected chi connectivity index (χ2v) is 11.8. The van der Waals surface area contributed by atoms with E-state index in [0.29, 0.717) is 11.3 Å². The third kappa shape index (κ3) is 1.61. The van der Waals surface area contributed by atoms with E-state index in [9.17, 15) is 4.79 Å². The van der Waals surface area contributed by atoms with E-state index in [1.807, 2.05) is 0 Å². The zero-order chi connectivity index (χ0) is 18.1. The highest BCUT2D eigenvalue weighted by Crippen LogP contribution is 2.71. The molecule has 0 heterocycles. The van der Waals surface area contributed by atoms with E-state index in [-0.39, 0.29) is 22.9 Å². The molecular weight excluding hydrogens is 320 g/mol. The third-order valence-electron chi connectivity index (χ3n) is 11.1. The fourth-order valence-corrected chi connectivity index (χ4v) is 9.18. The second kappa shape index (κ2) is 4.61. The van der Waals surface area contributed by atoms with Gasteiger partial charge in [-0.05, 0) is 92.3 Å². The van der Waals surface area contributed by atoms with Gasteiger partial charge in [-0.2, -0.15) is 0 Å². The van der Waals surface area contributed by atoms with Gasteiger partial charge in [0.1, 0.15) is 6.10 Å². The standard InChI is InChI=1S/C24H34O2/c1-22(2)16-7-8-24(22,4)18(11-16)26-21(25)23(3)12-15-10-17(23)20-14-6-5-13(9-14)19(15)20/h5-6,13-20H,7-12H2,1-4H3. The molecule has 6 aliphatic carbocycles. The molecule has 142 valence electrons. The van der Waals surface area contributed by atoms with Crippen molar-refractivity contribution >= 4 is 5.97 Å². The molecule has 6 bridgehead atoms. The summed E-state index contributed by atoms with van der Waals surface area (Å²) >= 11 is 0. The Kier molecular flexibility index (Phi) is 2.87. The summed E-state index contributed by atoms with van der Waals surface area (Å²) in [6.45, 7) is 9.46. The lowest BCUT2D eigenvalue weighted by atomic mass is 9.62. The van der Waals surface area contributed by atoms with Crippen LogP contribution in [0, 0.1) is 57.7 Å². The molecule has 0 amide bonds. The van der Waals surface area contributed by atoms with Gasteiger partial charge in [0.05, 0.1) is 5.41 Å². The van der Waals surface area contributed by atoms with Crippen molar-refractivity contribution in [2.75, 3.05) is 0 Å². The van der Waals surface area contributed by atoms with E-state index in [2.05, 4.69) is 39.8 Å². The summed E-state index contributed by atoms with van der Waals surface area (Å²) in [4.78, 5) is 13.5. The monoisotopic (exact) mass is 354 g/mol. The molecule has 10 unspecified atom stereocenters. The van der Waals surface area contributed by atoms with Crippen molar-refractivity contribution in [3.8, 4) is 0 Å². The van der Waals surface area contributed by atoms with Gasteiger partial charge in [0.25, 0.3) is 0 Å². The third-order valence-corrected chi connectivity index (χ3v) is 11.1. The molecule has 6 aliphatic rings. The van der Waals surface area contributed by atoms with E-state index >= 15 is 0 Å². The summed E-state index contributed by atoms with van der Waals surface area (Å²) in [5.74, 6) is 5.47. The molecule has 5 saturated carbocycles. The molecule has 0 aromatic heterocycles. The van der Waals surface area contributed by atoms with Crippen LogP contribution in [0.4, 0.5) is 0 Å². The summed E-state index contributed by atoms with van der Waals surface area (Å²) in [6.07, 6.45) is 12.5. The first-order chi connectivity index (χ1) is 12.3. The Labute approximate surface area is 158 Å². The Bertz CT molecular complexity index is 707. The number of carbonyl (C=O) groups excluding carboxylic acids is 1. The molecule has 0 radical (unpaired) electrons. The van der Waals surface area contributed by atoms with E-state index in [1.165, 1.54) is 25.7 Å². The van der Waals surface area contributed by atoms with E-state index < -0.39 is 0 Å². The van der Waals surface area contributed by atoms with Gasteiger partial charge >= 0.3 is 5.97 Å². The molecule has 2 nitrogen and oxygen atoms in total. The summed E-state index contributed by atoms with van der Waals surface area (Å²) in [5, 5.41) is 0. The van der Waals surface area contributed by atoms with Gasteiger partial charge in [0, 0.05) is 5.41 Å². The first kappa shape index (κ1) is 16.2. The summed E-state index contributed by atoms with van der Waals surface area (Å²) in [5.41, 5.74) is 0.277. The molecule has 10 atom stereocenters. The van der Waals surface area contributed by atoms with Gasteiger partial charge in [0.15, 0.2) is 0 Å². The largest absolute Gasteiger partial charge is 0.461 e. The van der Waals surface area contributed by atoms with Crippen molar-refractivity contribution in [3.05, 3.63) is 12.2 Å². The highest BCUT2D eigenvalue weighted by Gasteiger charge is 2.68. The minimum Gasteiger partial charge on any atom is -0.461 e. The first-order valence-electron chi connectivity index (χ1n) is 11.1. The van der Waals surface area contributed by atoms with Crippen LogP contribution in [0.25, 0.3) is 0 Å². The molecule has 0 aliphatic heterocycles. The normalized spacial score (nSPS) is 60.0. The van der Waals surface area contributed by atoms with Crippen LogP contribution < -0.4 is 0 Å². The van der Waals surface area contributed by atoms with Crippen LogP contribution in [0.1, 0.15) is 66.2 Å². The smallest absolute Gasteiger partial charge is 0.312 e. The summed E-state index contributed by atoms with van der Waals surface area (Å²) < 4.78 is 6.40. The lowest BCUT2D eigenvalue weighted by Gasteiger charge is -2.44. The molecule has 0 spiro atoms. The molecule has 5 fully saturated rings. The maximum absolute atomic E-state index is 13.5. The molecule has 2 heteroatoms. The number of fused-ring (bicyclic) bond motifs is 11. The number of hydrogen-bond donors (Lipinski definition) is 0. The topological polar surface area (TPSA) is 26.3 Å². The van der Waals surface area contributed by atoms with Crippen LogP contribution in [0.5, 0.6) is 0 Å². The van der Waals surface area contributed by atoms with Gasteiger partial charge in [-0.3, -0.25) is 4.79 Å². The SMILES string of the molecule is CC1(C(=O)OC2CC3CCC2(C)C3(C)C)CC2CC1C1C3C=CC(C3)C21. The van der Waals surface area contributed by atoms with E-state index in [4.69, 9.17) is 4.74 Å². The Balaban J connectivity index is 1.24. The molecule has 0 N–H and O–H groups in total. The van der Waals surface area contributed by atoms with Crippen LogP contribution in [0.15, 0.2) is 12.2 Å². The van der Waals surface area contributed by atoms with Crippen molar-refractivity contribution in [2.24, 2.45) is 57.7 Å². The predicted octanol–water partition coefficient (Wildman–Crippen LogP) is 5.23. The quantitative estimate of drug-likeness (QED) is 0.386. The van der Waals surface area contributed by atoms with Crippen LogP contribution in [-0.2, 0) is 9.53 Å². The van der Waals surface area contributed by atoms with Crippen LogP contribution in [0.2, 0.25) is 0 Å². The van der Waals surface area contributed by atoms with Crippen molar-refractivity contribution in [3.63, 3.8) is 0 Å². The number of allylic oxidation sites excluding steroid dienone is 2. The van der Waals surface area contributed by atoms with Crippen molar-refractivity contribution in [2.45, 2.75) is 72.3 Å². The number of ether oxygens (including phenoxy) is 1. The lowest BCUT2D eigenvalue weighted by molar-refractivity contribution is -0.174. The average molecular weight is 355 g/mol. The highest BCUT2D eigenvalue weighted by molar-refractivity contribution is 5.78. The Morgan fingerprint density at radius 3 is 2.38 bits per heavy atom. The van der Waals surface area contributed by atoms with Crippen molar-refractivity contribution in [1.82, 2.24) is 0 Å². The number of rotatable bonds is 2. The highest BCUT2D eigenvalue weighted by atomic mass is 16.5. The van der Waals surface area contributed by atoms with Gasteiger partial charge < -0.3 is 4.74 Å². The fourth-order valence-electron chi connectivity index (χ4n) is 9.18. The average Bonchev–Trinajstić information content (AvgIpc) is 3.37. The molecule has 0 aromatic carbocycles. The van der Waals surface area contributed by atoms with Gasteiger partial charge in [-0.25, -0.2) is 0 Å². The Morgan fingerprint density at radius 1 is 1.00 bits per heavy atom.